The van der Waals surface area contributed by atoms with E-state index in [4.69, 9.17) is 15.0 Å². The van der Waals surface area contributed by atoms with E-state index in [-0.39, 0.29) is 6.10 Å². The number of aromatic nitrogens is 2. The van der Waals surface area contributed by atoms with Crippen LogP contribution in [-0.2, 0) is 4.74 Å². The van der Waals surface area contributed by atoms with Crippen LogP contribution in [0.4, 0.5) is 5.69 Å². The molecule has 0 amide bonds. The quantitative estimate of drug-likeness (QED) is 0.794. The van der Waals surface area contributed by atoms with Crippen LogP contribution in [0.15, 0.2) is 25.6 Å². The second-order valence-electron chi connectivity index (χ2n) is 4.31. The molecule has 2 aromatic rings. The van der Waals surface area contributed by atoms with E-state index in [0.717, 1.165) is 28.4 Å². The molecule has 7 heteroatoms. The molecule has 2 heterocycles. The van der Waals surface area contributed by atoms with E-state index in [1.807, 2.05) is 12.1 Å². The average molecular weight is 389 g/mol. The number of benzene rings is 1. The van der Waals surface area contributed by atoms with Gasteiger partial charge in [-0.2, -0.15) is 4.98 Å². The highest BCUT2D eigenvalue weighted by molar-refractivity contribution is 9.11. The number of anilines is 1. The van der Waals surface area contributed by atoms with Crippen molar-refractivity contribution < 1.29 is 9.26 Å². The molecule has 1 atom stereocenters. The summed E-state index contributed by atoms with van der Waals surface area (Å²) in [6.07, 6.45) is 1.89. The minimum atomic E-state index is -0.0608. The molecule has 5 nitrogen and oxygen atoms in total. The maximum atomic E-state index is 6.02. The molecule has 1 aromatic heterocycles. The van der Waals surface area contributed by atoms with E-state index in [1.165, 1.54) is 0 Å². The zero-order chi connectivity index (χ0) is 13.4. The van der Waals surface area contributed by atoms with Crippen LogP contribution in [-0.4, -0.2) is 16.7 Å². The fraction of sp³-hybridized carbons (Fsp3) is 0.333. The first-order chi connectivity index (χ1) is 9.15. The molecule has 100 valence electrons. The first-order valence-electron chi connectivity index (χ1n) is 5.85. The lowest BCUT2D eigenvalue weighted by Crippen LogP contribution is -1.98. The van der Waals surface area contributed by atoms with Crippen LogP contribution in [0.25, 0.3) is 11.5 Å². The summed E-state index contributed by atoms with van der Waals surface area (Å²) in [4.78, 5) is 4.38. The lowest BCUT2D eigenvalue weighted by Gasteiger charge is -2.04. The molecule has 0 radical (unpaired) electrons. The molecule has 0 saturated carbocycles. The number of hydrogen-bond acceptors (Lipinski definition) is 5. The summed E-state index contributed by atoms with van der Waals surface area (Å²) in [6, 6.07) is 3.73. The standard InChI is InChI=1S/C12H11Br2N3O2/c13-6-4-7(10(15)8(14)5-6)12-16-11(17-19-12)9-2-1-3-18-9/h4-5,9H,1-3,15H2. The highest BCUT2D eigenvalue weighted by atomic mass is 79.9. The first kappa shape index (κ1) is 13.1. The Bertz CT molecular complexity index is 609. The normalized spacial score (nSPS) is 18.9. The van der Waals surface area contributed by atoms with Crippen molar-refractivity contribution in [2.75, 3.05) is 12.3 Å². The summed E-state index contributed by atoms with van der Waals surface area (Å²) in [5.74, 6) is 0.994. The molecule has 19 heavy (non-hydrogen) atoms. The number of nitrogens with zero attached hydrogens (tertiary/aromatic N) is 2. The summed E-state index contributed by atoms with van der Waals surface area (Å²) in [5, 5.41) is 3.98. The highest BCUT2D eigenvalue weighted by Gasteiger charge is 2.24. The van der Waals surface area contributed by atoms with Gasteiger partial charge in [0.2, 0.25) is 5.82 Å². The molecule has 3 rings (SSSR count). The van der Waals surface area contributed by atoms with Crippen LogP contribution in [0.1, 0.15) is 24.8 Å². The molecule has 0 aliphatic carbocycles. The van der Waals surface area contributed by atoms with Gasteiger partial charge in [-0.25, -0.2) is 0 Å². The number of nitrogens with two attached hydrogens (primary N) is 1. The summed E-state index contributed by atoms with van der Waals surface area (Å²) < 4.78 is 12.5. The van der Waals surface area contributed by atoms with Crippen molar-refractivity contribution in [3.8, 4) is 11.5 Å². The Hall–Kier alpha value is -0.920. The fourth-order valence-corrected chi connectivity index (χ4v) is 3.24. The van der Waals surface area contributed by atoms with E-state index < -0.39 is 0 Å². The molecule has 1 aliphatic rings. The summed E-state index contributed by atoms with van der Waals surface area (Å²) in [6.45, 7) is 0.749. The van der Waals surface area contributed by atoms with E-state index in [2.05, 4.69) is 42.0 Å². The van der Waals surface area contributed by atoms with Gasteiger partial charge in [0.05, 0.1) is 11.3 Å². The number of nitrogen functional groups attached to an aromatic ring is 1. The Morgan fingerprint density at radius 1 is 1.32 bits per heavy atom. The molecule has 1 aromatic carbocycles. The van der Waals surface area contributed by atoms with Crippen molar-refractivity contribution in [2.24, 2.45) is 0 Å². The van der Waals surface area contributed by atoms with Gasteiger partial charge in [-0.3, -0.25) is 0 Å². The second kappa shape index (κ2) is 5.22. The molecule has 1 saturated heterocycles. The van der Waals surface area contributed by atoms with Gasteiger partial charge in [0.15, 0.2) is 0 Å². The predicted octanol–water partition coefficient (Wildman–Crippen LogP) is 3.70. The van der Waals surface area contributed by atoms with E-state index in [9.17, 15) is 0 Å². The van der Waals surface area contributed by atoms with Crippen LogP contribution >= 0.6 is 31.9 Å². The largest absolute Gasteiger partial charge is 0.397 e. The molecule has 2 N–H and O–H groups in total. The number of rotatable bonds is 2. The minimum Gasteiger partial charge on any atom is -0.397 e. The zero-order valence-electron chi connectivity index (χ0n) is 9.90. The summed E-state index contributed by atoms with van der Waals surface area (Å²) >= 11 is 6.82. The van der Waals surface area contributed by atoms with Crippen molar-refractivity contribution in [3.05, 3.63) is 26.9 Å². The SMILES string of the molecule is Nc1c(Br)cc(Br)cc1-c1nc(C2CCCO2)no1. The van der Waals surface area contributed by atoms with Crippen molar-refractivity contribution in [1.82, 2.24) is 10.1 Å². The van der Waals surface area contributed by atoms with Gasteiger partial charge < -0.3 is 15.0 Å². The number of halogens is 2. The Kier molecular flexibility index (Phi) is 3.60. The van der Waals surface area contributed by atoms with Crippen molar-refractivity contribution in [1.29, 1.82) is 0 Å². The fourth-order valence-electron chi connectivity index (χ4n) is 2.02. The van der Waals surface area contributed by atoms with Crippen LogP contribution in [0.2, 0.25) is 0 Å². The Morgan fingerprint density at radius 3 is 2.89 bits per heavy atom. The smallest absolute Gasteiger partial charge is 0.260 e. The molecule has 1 aliphatic heterocycles. The van der Waals surface area contributed by atoms with E-state index in [0.29, 0.717) is 23.0 Å². The zero-order valence-corrected chi connectivity index (χ0v) is 13.1. The monoisotopic (exact) mass is 387 g/mol. The van der Waals surface area contributed by atoms with Crippen molar-refractivity contribution in [2.45, 2.75) is 18.9 Å². The minimum absolute atomic E-state index is 0.0608. The molecule has 1 unspecified atom stereocenters. The van der Waals surface area contributed by atoms with Gasteiger partial charge in [0, 0.05) is 15.6 Å². The lowest BCUT2D eigenvalue weighted by atomic mass is 10.2. The Labute approximate surface area is 126 Å². The Morgan fingerprint density at radius 2 is 2.16 bits per heavy atom. The number of ether oxygens (including phenoxy) is 1. The molecular formula is C12H11Br2N3O2. The van der Waals surface area contributed by atoms with Gasteiger partial charge in [0.1, 0.15) is 6.10 Å². The van der Waals surface area contributed by atoms with Gasteiger partial charge >= 0.3 is 0 Å². The van der Waals surface area contributed by atoms with E-state index in [1.54, 1.807) is 0 Å². The van der Waals surface area contributed by atoms with Crippen molar-refractivity contribution in [3.63, 3.8) is 0 Å². The topological polar surface area (TPSA) is 74.2 Å². The van der Waals surface area contributed by atoms with Crippen LogP contribution in [0, 0.1) is 0 Å². The van der Waals surface area contributed by atoms with Gasteiger partial charge in [-0.05, 0) is 40.9 Å². The lowest BCUT2D eigenvalue weighted by molar-refractivity contribution is 0.103. The second-order valence-corrected chi connectivity index (χ2v) is 6.08. The summed E-state index contributed by atoms with van der Waals surface area (Å²) in [7, 11) is 0. The third-order valence-corrected chi connectivity index (χ3v) is 4.10. The predicted molar refractivity (Wildman–Crippen MR) is 77.5 cm³/mol. The third-order valence-electron chi connectivity index (χ3n) is 2.98. The third kappa shape index (κ3) is 2.54. The van der Waals surface area contributed by atoms with Gasteiger partial charge in [0.25, 0.3) is 5.89 Å². The Balaban J connectivity index is 1.98. The van der Waals surface area contributed by atoms with Gasteiger partial charge in [-0.15, -0.1) is 0 Å². The van der Waals surface area contributed by atoms with E-state index >= 15 is 0 Å². The van der Waals surface area contributed by atoms with Gasteiger partial charge in [-0.1, -0.05) is 21.1 Å². The van der Waals surface area contributed by atoms with Crippen LogP contribution in [0.3, 0.4) is 0 Å². The summed E-state index contributed by atoms with van der Waals surface area (Å²) in [5.41, 5.74) is 7.30. The first-order valence-corrected chi connectivity index (χ1v) is 7.44. The molecule has 0 spiro atoms. The van der Waals surface area contributed by atoms with Crippen molar-refractivity contribution >= 4 is 37.5 Å². The maximum absolute atomic E-state index is 6.02. The van der Waals surface area contributed by atoms with Crippen LogP contribution in [0.5, 0.6) is 0 Å². The highest BCUT2D eigenvalue weighted by Crippen LogP contribution is 2.35. The number of hydrogen-bond donors (Lipinski definition) is 1. The molecular weight excluding hydrogens is 378 g/mol. The molecule has 0 bridgehead atoms. The molecule has 1 fully saturated rings. The van der Waals surface area contributed by atoms with Crippen LogP contribution < -0.4 is 5.73 Å². The average Bonchev–Trinajstić information content (AvgIpc) is 3.03. The maximum Gasteiger partial charge on any atom is 0.260 e.